The first kappa shape index (κ1) is 12.4. The predicted molar refractivity (Wildman–Crippen MR) is 68.1 cm³/mol. The van der Waals surface area contributed by atoms with Crippen LogP contribution in [0.2, 0.25) is 0 Å². The van der Waals surface area contributed by atoms with E-state index in [0.717, 1.165) is 6.42 Å². The normalized spacial score (nSPS) is 16.3. The maximum Gasteiger partial charge on any atom is 0.322 e. The van der Waals surface area contributed by atoms with E-state index in [2.05, 4.69) is 15.0 Å². The molecular formula is C11H18N4OS. The fraction of sp³-hybridized carbons (Fsp3) is 0.727. The van der Waals surface area contributed by atoms with Gasteiger partial charge in [0, 0.05) is 5.25 Å². The molecule has 0 aliphatic heterocycles. The lowest BCUT2D eigenvalue weighted by Gasteiger charge is -2.08. The number of aromatic nitrogens is 3. The molecule has 5 nitrogen and oxygen atoms in total. The predicted octanol–water partition coefficient (Wildman–Crippen LogP) is 2.28. The van der Waals surface area contributed by atoms with Gasteiger partial charge in [-0.1, -0.05) is 31.5 Å². The SMILES string of the molecule is CCCOc1nc(N)nc(SC2CCCC2)n1. The summed E-state index contributed by atoms with van der Waals surface area (Å²) >= 11 is 1.69. The van der Waals surface area contributed by atoms with Gasteiger partial charge in [-0.15, -0.1) is 0 Å². The highest BCUT2D eigenvalue weighted by Gasteiger charge is 2.18. The Balaban J connectivity index is 2.02. The van der Waals surface area contributed by atoms with E-state index in [0.29, 0.717) is 23.0 Å². The Labute approximate surface area is 106 Å². The number of rotatable bonds is 5. The molecule has 2 rings (SSSR count). The summed E-state index contributed by atoms with van der Waals surface area (Å²) in [6.45, 7) is 2.65. The molecule has 0 radical (unpaired) electrons. The van der Waals surface area contributed by atoms with Crippen molar-refractivity contribution in [1.29, 1.82) is 0 Å². The fourth-order valence-electron chi connectivity index (χ4n) is 1.82. The van der Waals surface area contributed by atoms with Gasteiger partial charge in [0.05, 0.1) is 6.61 Å². The van der Waals surface area contributed by atoms with E-state index in [1.807, 2.05) is 6.92 Å². The average Bonchev–Trinajstić information content (AvgIpc) is 2.78. The van der Waals surface area contributed by atoms with Crippen LogP contribution in [0.3, 0.4) is 0 Å². The van der Waals surface area contributed by atoms with Crippen molar-refractivity contribution in [2.45, 2.75) is 49.4 Å². The van der Waals surface area contributed by atoms with E-state index in [-0.39, 0.29) is 5.95 Å². The summed E-state index contributed by atoms with van der Waals surface area (Å²) in [6, 6.07) is 0.347. The Morgan fingerprint density at radius 1 is 1.29 bits per heavy atom. The minimum Gasteiger partial charge on any atom is -0.463 e. The quantitative estimate of drug-likeness (QED) is 0.869. The van der Waals surface area contributed by atoms with Gasteiger partial charge in [0.2, 0.25) is 5.95 Å². The molecule has 1 aliphatic rings. The molecule has 0 atom stereocenters. The van der Waals surface area contributed by atoms with Crippen LogP contribution in [-0.2, 0) is 0 Å². The number of nitrogens with zero attached hydrogens (tertiary/aromatic N) is 3. The Morgan fingerprint density at radius 2 is 2.06 bits per heavy atom. The molecule has 0 spiro atoms. The molecule has 0 saturated heterocycles. The van der Waals surface area contributed by atoms with Crippen molar-refractivity contribution in [3.05, 3.63) is 0 Å². The van der Waals surface area contributed by atoms with Crippen LogP contribution in [0.1, 0.15) is 39.0 Å². The van der Waals surface area contributed by atoms with E-state index in [4.69, 9.17) is 10.5 Å². The Bertz CT molecular complexity index is 368. The van der Waals surface area contributed by atoms with Crippen LogP contribution in [0.25, 0.3) is 0 Å². The van der Waals surface area contributed by atoms with Crippen molar-refractivity contribution in [2.75, 3.05) is 12.3 Å². The maximum absolute atomic E-state index is 5.65. The zero-order valence-electron chi connectivity index (χ0n) is 10.1. The van der Waals surface area contributed by atoms with Crippen LogP contribution >= 0.6 is 11.8 Å². The molecule has 2 N–H and O–H groups in total. The zero-order valence-corrected chi connectivity index (χ0v) is 10.9. The largest absolute Gasteiger partial charge is 0.463 e. The minimum absolute atomic E-state index is 0.242. The maximum atomic E-state index is 5.65. The number of hydrogen-bond donors (Lipinski definition) is 1. The van der Waals surface area contributed by atoms with Crippen molar-refractivity contribution in [3.63, 3.8) is 0 Å². The molecule has 0 bridgehead atoms. The van der Waals surface area contributed by atoms with Crippen LogP contribution in [-0.4, -0.2) is 26.8 Å². The van der Waals surface area contributed by atoms with Gasteiger partial charge in [-0.05, 0) is 19.3 Å². The Kier molecular flexibility index (Phi) is 4.42. The Morgan fingerprint density at radius 3 is 2.76 bits per heavy atom. The number of nitrogen functional groups attached to an aromatic ring is 1. The monoisotopic (exact) mass is 254 g/mol. The van der Waals surface area contributed by atoms with E-state index in [1.165, 1.54) is 25.7 Å². The molecule has 1 fully saturated rings. The smallest absolute Gasteiger partial charge is 0.322 e. The molecular weight excluding hydrogens is 236 g/mol. The summed E-state index contributed by atoms with van der Waals surface area (Å²) in [4.78, 5) is 12.4. The van der Waals surface area contributed by atoms with Gasteiger partial charge in [0.15, 0.2) is 5.16 Å². The standard InChI is InChI=1S/C11H18N4OS/c1-2-7-16-10-13-9(12)14-11(15-10)17-8-5-3-4-6-8/h8H,2-7H2,1H3,(H2,12,13,14,15). The molecule has 1 heterocycles. The molecule has 1 aromatic rings. The van der Waals surface area contributed by atoms with Gasteiger partial charge in [-0.25, -0.2) is 0 Å². The minimum atomic E-state index is 0.242. The third kappa shape index (κ3) is 3.73. The molecule has 94 valence electrons. The second kappa shape index (κ2) is 6.05. The summed E-state index contributed by atoms with van der Waals surface area (Å²) in [5, 5.41) is 1.31. The number of hydrogen-bond acceptors (Lipinski definition) is 6. The first-order valence-electron chi connectivity index (χ1n) is 6.09. The van der Waals surface area contributed by atoms with Crippen LogP contribution in [0.5, 0.6) is 6.01 Å². The van der Waals surface area contributed by atoms with Gasteiger partial charge >= 0.3 is 6.01 Å². The van der Waals surface area contributed by atoms with Crippen molar-refractivity contribution >= 4 is 17.7 Å². The second-order valence-electron chi connectivity index (χ2n) is 4.13. The summed E-state index contributed by atoms with van der Waals surface area (Å²) in [7, 11) is 0. The highest BCUT2D eigenvalue weighted by atomic mass is 32.2. The number of anilines is 1. The van der Waals surface area contributed by atoms with Gasteiger partial charge in [0.1, 0.15) is 0 Å². The van der Waals surface area contributed by atoms with Gasteiger partial charge in [-0.3, -0.25) is 0 Å². The van der Waals surface area contributed by atoms with Crippen molar-refractivity contribution < 1.29 is 4.74 Å². The molecule has 0 amide bonds. The third-order valence-corrected chi connectivity index (χ3v) is 3.82. The van der Waals surface area contributed by atoms with Crippen molar-refractivity contribution in [2.24, 2.45) is 0 Å². The summed E-state index contributed by atoms with van der Waals surface area (Å²) in [5.74, 6) is 0.242. The average molecular weight is 254 g/mol. The van der Waals surface area contributed by atoms with Crippen molar-refractivity contribution in [1.82, 2.24) is 15.0 Å². The van der Waals surface area contributed by atoms with Gasteiger partial charge < -0.3 is 10.5 Å². The third-order valence-electron chi connectivity index (χ3n) is 2.62. The van der Waals surface area contributed by atoms with Gasteiger partial charge in [-0.2, -0.15) is 15.0 Å². The van der Waals surface area contributed by atoms with Crippen LogP contribution in [0.15, 0.2) is 5.16 Å². The van der Waals surface area contributed by atoms with E-state index in [9.17, 15) is 0 Å². The summed E-state index contributed by atoms with van der Waals surface area (Å²) in [5.41, 5.74) is 5.65. The van der Waals surface area contributed by atoms with E-state index < -0.39 is 0 Å². The summed E-state index contributed by atoms with van der Waals surface area (Å²) < 4.78 is 5.39. The second-order valence-corrected chi connectivity index (χ2v) is 5.40. The topological polar surface area (TPSA) is 73.9 Å². The highest BCUT2D eigenvalue weighted by molar-refractivity contribution is 7.99. The number of nitrogens with two attached hydrogens (primary N) is 1. The lowest BCUT2D eigenvalue weighted by atomic mass is 10.4. The van der Waals surface area contributed by atoms with E-state index in [1.54, 1.807) is 11.8 Å². The van der Waals surface area contributed by atoms with Crippen molar-refractivity contribution in [3.8, 4) is 6.01 Å². The van der Waals surface area contributed by atoms with E-state index >= 15 is 0 Å². The molecule has 1 aromatic heterocycles. The Hall–Kier alpha value is -1.04. The molecule has 6 heteroatoms. The number of ether oxygens (including phenoxy) is 1. The van der Waals surface area contributed by atoms with Crippen LogP contribution in [0, 0.1) is 0 Å². The molecule has 1 aliphatic carbocycles. The fourth-order valence-corrected chi connectivity index (χ4v) is 2.96. The first-order valence-corrected chi connectivity index (χ1v) is 6.97. The molecule has 17 heavy (non-hydrogen) atoms. The van der Waals surface area contributed by atoms with Crippen LogP contribution < -0.4 is 10.5 Å². The molecule has 1 saturated carbocycles. The number of thioether (sulfide) groups is 1. The highest BCUT2D eigenvalue weighted by Crippen LogP contribution is 2.33. The van der Waals surface area contributed by atoms with Gasteiger partial charge in [0.25, 0.3) is 0 Å². The van der Waals surface area contributed by atoms with Crippen LogP contribution in [0.4, 0.5) is 5.95 Å². The summed E-state index contributed by atoms with van der Waals surface area (Å²) in [6.07, 6.45) is 6.01. The lowest BCUT2D eigenvalue weighted by Crippen LogP contribution is -2.06. The first-order chi connectivity index (χ1) is 8.28. The lowest BCUT2D eigenvalue weighted by molar-refractivity contribution is 0.288. The zero-order chi connectivity index (χ0) is 12.1. The molecule has 0 aromatic carbocycles. The molecule has 0 unspecified atom stereocenters.